The van der Waals surface area contributed by atoms with E-state index in [1.165, 1.54) is 11.3 Å². The standard InChI is InChI=1S/C9H12O2S/c1-6(2)8(10)9-7(11-3)4-5-12-9/h4-6H,1-3H3. The quantitative estimate of drug-likeness (QED) is 0.675. The average molecular weight is 184 g/mol. The second kappa shape index (κ2) is 3.72. The summed E-state index contributed by atoms with van der Waals surface area (Å²) in [7, 11) is 1.58. The molecule has 3 heteroatoms. The van der Waals surface area contributed by atoms with Crippen LogP contribution >= 0.6 is 11.3 Å². The van der Waals surface area contributed by atoms with Gasteiger partial charge in [-0.3, -0.25) is 4.79 Å². The van der Waals surface area contributed by atoms with E-state index in [9.17, 15) is 4.79 Å². The number of hydrogen-bond donors (Lipinski definition) is 0. The van der Waals surface area contributed by atoms with Gasteiger partial charge in [-0.05, 0) is 11.4 Å². The SMILES string of the molecule is COc1ccsc1C(=O)C(C)C. The van der Waals surface area contributed by atoms with Crippen molar-refractivity contribution in [3.8, 4) is 5.75 Å². The van der Waals surface area contributed by atoms with Gasteiger partial charge in [0.05, 0.1) is 7.11 Å². The molecule has 0 N–H and O–H groups in total. The Morgan fingerprint density at radius 3 is 2.75 bits per heavy atom. The van der Waals surface area contributed by atoms with Gasteiger partial charge in [0, 0.05) is 5.92 Å². The predicted molar refractivity (Wildman–Crippen MR) is 50.0 cm³/mol. The van der Waals surface area contributed by atoms with Crippen LogP contribution in [0.4, 0.5) is 0 Å². The molecule has 0 aromatic carbocycles. The summed E-state index contributed by atoms with van der Waals surface area (Å²) >= 11 is 1.44. The van der Waals surface area contributed by atoms with E-state index in [1.807, 2.05) is 25.3 Å². The summed E-state index contributed by atoms with van der Waals surface area (Å²) in [6.07, 6.45) is 0. The maximum Gasteiger partial charge on any atom is 0.179 e. The Kier molecular flexibility index (Phi) is 2.87. The number of rotatable bonds is 3. The summed E-state index contributed by atoms with van der Waals surface area (Å²) in [6, 6.07) is 1.82. The third-order valence-electron chi connectivity index (χ3n) is 1.60. The normalized spacial score (nSPS) is 10.3. The first kappa shape index (κ1) is 9.26. The zero-order chi connectivity index (χ0) is 9.14. The number of ether oxygens (including phenoxy) is 1. The van der Waals surface area contributed by atoms with Gasteiger partial charge in [-0.25, -0.2) is 0 Å². The molecule has 0 unspecified atom stereocenters. The smallest absolute Gasteiger partial charge is 0.179 e. The van der Waals surface area contributed by atoms with Crippen molar-refractivity contribution >= 4 is 17.1 Å². The van der Waals surface area contributed by atoms with E-state index < -0.39 is 0 Å². The summed E-state index contributed by atoms with van der Waals surface area (Å²) in [4.78, 5) is 12.2. The molecule has 0 atom stereocenters. The molecule has 1 aromatic rings. The molecule has 12 heavy (non-hydrogen) atoms. The first-order chi connectivity index (χ1) is 5.66. The van der Waals surface area contributed by atoms with Crippen molar-refractivity contribution in [1.29, 1.82) is 0 Å². The fourth-order valence-corrected chi connectivity index (χ4v) is 1.85. The first-order valence-corrected chi connectivity index (χ1v) is 4.70. The zero-order valence-electron chi connectivity index (χ0n) is 7.46. The van der Waals surface area contributed by atoms with Crippen LogP contribution in [0.5, 0.6) is 5.75 Å². The van der Waals surface area contributed by atoms with Gasteiger partial charge in [0.2, 0.25) is 0 Å². The van der Waals surface area contributed by atoms with Crippen LogP contribution in [0.2, 0.25) is 0 Å². The highest BCUT2D eigenvalue weighted by molar-refractivity contribution is 7.12. The van der Waals surface area contributed by atoms with Crippen LogP contribution in [-0.2, 0) is 0 Å². The Hall–Kier alpha value is -0.830. The lowest BCUT2D eigenvalue weighted by atomic mass is 10.1. The van der Waals surface area contributed by atoms with Crippen LogP contribution in [-0.4, -0.2) is 12.9 Å². The highest BCUT2D eigenvalue weighted by atomic mass is 32.1. The molecule has 0 aliphatic carbocycles. The molecular weight excluding hydrogens is 172 g/mol. The minimum Gasteiger partial charge on any atom is -0.495 e. The van der Waals surface area contributed by atoms with Gasteiger partial charge in [-0.1, -0.05) is 13.8 Å². The van der Waals surface area contributed by atoms with E-state index in [0.717, 1.165) is 4.88 Å². The van der Waals surface area contributed by atoms with Crippen LogP contribution in [0.1, 0.15) is 23.5 Å². The Labute approximate surface area is 76.2 Å². The topological polar surface area (TPSA) is 26.3 Å². The maximum atomic E-state index is 11.5. The Balaban J connectivity index is 2.94. The molecule has 0 spiro atoms. The Morgan fingerprint density at radius 1 is 1.58 bits per heavy atom. The number of carbonyl (C=O) groups is 1. The Morgan fingerprint density at radius 2 is 2.25 bits per heavy atom. The van der Waals surface area contributed by atoms with E-state index in [2.05, 4.69) is 0 Å². The van der Waals surface area contributed by atoms with Gasteiger partial charge < -0.3 is 4.74 Å². The minimum atomic E-state index is 0.0394. The Bertz CT molecular complexity index is 276. The van der Waals surface area contributed by atoms with E-state index in [0.29, 0.717) is 5.75 Å². The van der Waals surface area contributed by atoms with Crippen LogP contribution in [0.25, 0.3) is 0 Å². The van der Waals surface area contributed by atoms with Gasteiger partial charge in [0.1, 0.15) is 10.6 Å². The van der Waals surface area contributed by atoms with Crippen molar-refractivity contribution < 1.29 is 9.53 Å². The second-order valence-electron chi connectivity index (χ2n) is 2.84. The van der Waals surface area contributed by atoms with Crippen LogP contribution < -0.4 is 4.74 Å². The van der Waals surface area contributed by atoms with Gasteiger partial charge in [-0.2, -0.15) is 0 Å². The fraction of sp³-hybridized carbons (Fsp3) is 0.444. The third kappa shape index (κ3) is 1.67. The molecular formula is C9H12O2S. The molecule has 0 fully saturated rings. The number of Topliss-reactive ketones (excluding diaryl/α,β-unsaturated/α-hetero) is 1. The van der Waals surface area contributed by atoms with Crippen molar-refractivity contribution in [1.82, 2.24) is 0 Å². The summed E-state index contributed by atoms with van der Waals surface area (Å²) in [5, 5.41) is 1.87. The number of carbonyl (C=O) groups excluding carboxylic acids is 1. The van der Waals surface area contributed by atoms with Gasteiger partial charge in [-0.15, -0.1) is 11.3 Å². The number of ketones is 1. The van der Waals surface area contributed by atoms with Gasteiger partial charge in [0.25, 0.3) is 0 Å². The van der Waals surface area contributed by atoms with E-state index in [-0.39, 0.29) is 11.7 Å². The molecule has 2 nitrogen and oxygen atoms in total. The first-order valence-electron chi connectivity index (χ1n) is 3.82. The van der Waals surface area contributed by atoms with E-state index in [1.54, 1.807) is 7.11 Å². The molecule has 0 aliphatic rings. The lowest BCUT2D eigenvalue weighted by Crippen LogP contribution is -2.06. The molecule has 1 heterocycles. The molecule has 0 bridgehead atoms. The minimum absolute atomic E-state index is 0.0394. The largest absolute Gasteiger partial charge is 0.495 e. The highest BCUT2D eigenvalue weighted by Crippen LogP contribution is 2.26. The van der Waals surface area contributed by atoms with Crippen molar-refractivity contribution in [3.05, 3.63) is 16.3 Å². The second-order valence-corrected chi connectivity index (χ2v) is 3.75. The fourth-order valence-electron chi connectivity index (χ4n) is 0.900. The predicted octanol–water partition coefficient (Wildman–Crippen LogP) is 2.60. The van der Waals surface area contributed by atoms with E-state index in [4.69, 9.17) is 4.74 Å². The average Bonchev–Trinajstić information content (AvgIpc) is 2.49. The maximum absolute atomic E-state index is 11.5. The number of thiophene rings is 1. The molecule has 0 aliphatic heterocycles. The lowest BCUT2D eigenvalue weighted by molar-refractivity contribution is 0.0941. The van der Waals surface area contributed by atoms with Crippen LogP contribution in [0.3, 0.4) is 0 Å². The van der Waals surface area contributed by atoms with Gasteiger partial charge in [0.15, 0.2) is 5.78 Å². The lowest BCUT2D eigenvalue weighted by Gasteiger charge is -2.03. The van der Waals surface area contributed by atoms with Crippen LogP contribution in [0.15, 0.2) is 11.4 Å². The molecule has 0 radical (unpaired) electrons. The number of hydrogen-bond acceptors (Lipinski definition) is 3. The number of methoxy groups -OCH3 is 1. The summed E-state index contributed by atoms with van der Waals surface area (Å²) in [5.74, 6) is 0.887. The highest BCUT2D eigenvalue weighted by Gasteiger charge is 2.16. The van der Waals surface area contributed by atoms with Crippen molar-refractivity contribution in [2.75, 3.05) is 7.11 Å². The molecule has 0 amide bonds. The summed E-state index contributed by atoms with van der Waals surface area (Å²) in [5.41, 5.74) is 0. The molecule has 66 valence electrons. The molecule has 0 saturated heterocycles. The summed E-state index contributed by atoms with van der Waals surface area (Å²) in [6.45, 7) is 3.78. The molecule has 1 aromatic heterocycles. The van der Waals surface area contributed by atoms with Crippen molar-refractivity contribution in [2.24, 2.45) is 5.92 Å². The summed E-state index contributed by atoms with van der Waals surface area (Å²) < 4.78 is 5.05. The zero-order valence-corrected chi connectivity index (χ0v) is 8.27. The third-order valence-corrected chi connectivity index (χ3v) is 2.51. The van der Waals surface area contributed by atoms with Crippen LogP contribution in [0, 0.1) is 5.92 Å². The van der Waals surface area contributed by atoms with E-state index >= 15 is 0 Å². The molecule has 0 saturated carbocycles. The van der Waals surface area contributed by atoms with Crippen molar-refractivity contribution in [2.45, 2.75) is 13.8 Å². The monoisotopic (exact) mass is 184 g/mol. The molecule has 1 rings (SSSR count). The van der Waals surface area contributed by atoms with Crippen molar-refractivity contribution in [3.63, 3.8) is 0 Å². The van der Waals surface area contributed by atoms with Gasteiger partial charge >= 0.3 is 0 Å².